The number of pyridine rings is 1. The molecule has 2 N–H and O–H groups in total. The lowest BCUT2D eigenvalue weighted by Gasteiger charge is -2.15. The number of fused-ring (bicyclic) bond motifs is 2. The largest absolute Gasteiger partial charge is 0.404 e. The summed E-state index contributed by atoms with van der Waals surface area (Å²) in [6, 6.07) is 11.1. The number of hydrogen-bond acceptors (Lipinski definition) is 6. The fourth-order valence-electron chi connectivity index (χ4n) is 3.05. The van der Waals surface area contributed by atoms with Crippen LogP contribution >= 0.6 is 11.8 Å². The van der Waals surface area contributed by atoms with Crippen molar-refractivity contribution in [1.29, 1.82) is 0 Å². The van der Waals surface area contributed by atoms with Gasteiger partial charge in [-0.05, 0) is 42.5 Å². The lowest BCUT2D eigenvalue weighted by molar-refractivity contribution is 0.0307. The van der Waals surface area contributed by atoms with Gasteiger partial charge in [0.1, 0.15) is 0 Å². The second kappa shape index (κ2) is 8.35. The first kappa shape index (κ1) is 20.2. The van der Waals surface area contributed by atoms with E-state index in [2.05, 4.69) is 27.2 Å². The van der Waals surface area contributed by atoms with Crippen LogP contribution in [0, 0.1) is 0 Å². The maximum atomic E-state index is 15.4. The normalized spacial score (nSPS) is 12.7. The van der Waals surface area contributed by atoms with E-state index in [4.69, 9.17) is 5.73 Å². The minimum atomic E-state index is -3.39. The van der Waals surface area contributed by atoms with E-state index in [9.17, 15) is 0 Å². The number of alkyl halides is 2. The zero-order chi connectivity index (χ0) is 21.1. The lowest BCUT2D eigenvalue weighted by atomic mass is 10.0. The molecule has 0 aliphatic carbocycles. The van der Waals surface area contributed by atoms with Crippen molar-refractivity contribution < 1.29 is 8.78 Å². The third-order valence-electron chi connectivity index (χ3n) is 4.67. The third-order valence-corrected chi connectivity index (χ3v) is 5.82. The molecule has 0 unspecified atom stereocenters. The monoisotopic (exact) mass is 426 g/mol. The van der Waals surface area contributed by atoms with Crippen LogP contribution in [0.4, 0.5) is 8.78 Å². The Bertz CT molecular complexity index is 1220. The molecule has 0 amide bonds. The molecule has 3 aromatic heterocycles. The molecular weight excluding hydrogens is 406 g/mol. The molecule has 0 atom stereocenters. The van der Waals surface area contributed by atoms with E-state index >= 15 is 8.78 Å². The summed E-state index contributed by atoms with van der Waals surface area (Å²) in [5.41, 5.74) is 6.95. The molecule has 0 saturated carbocycles. The van der Waals surface area contributed by atoms with Gasteiger partial charge in [0.15, 0.2) is 5.65 Å². The molecule has 154 valence electrons. The van der Waals surface area contributed by atoms with Crippen molar-refractivity contribution >= 4 is 33.2 Å². The van der Waals surface area contributed by atoms with Crippen molar-refractivity contribution in [2.24, 2.45) is 5.73 Å². The average molecular weight is 426 g/mol. The van der Waals surface area contributed by atoms with Crippen molar-refractivity contribution in [3.8, 4) is 0 Å². The fourth-order valence-corrected chi connectivity index (χ4v) is 4.06. The highest BCUT2D eigenvalue weighted by Gasteiger charge is 2.40. The van der Waals surface area contributed by atoms with Crippen LogP contribution in [0.3, 0.4) is 0 Å². The molecule has 4 aromatic rings. The first-order chi connectivity index (χ1) is 14.5. The standard InChI is InChI=1S/C21H20F2N6S/c1-2-3-11-30-18(13-24)17-8-9-19-26-27-20(29(19)28-17)21(22,23)15-6-7-16-14(12-15)5-4-10-25-16/h4-10,12-13H,2-3,11,24H2,1H3/b18-13-. The highest BCUT2D eigenvalue weighted by Crippen LogP contribution is 2.36. The maximum absolute atomic E-state index is 15.4. The molecule has 3 heterocycles. The SMILES string of the molecule is CCCCS/C(=C\N)c1ccc2nnc(C(F)(F)c3ccc4ncccc4c3)n2n1. The first-order valence-corrected chi connectivity index (χ1v) is 10.5. The number of nitrogens with zero attached hydrogens (tertiary/aromatic N) is 5. The molecule has 0 bridgehead atoms. The summed E-state index contributed by atoms with van der Waals surface area (Å²) in [5, 5.41) is 12.6. The number of benzene rings is 1. The number of halogens is 2. The quantitative estimate of drug-likeness (QED) is 0.435. The summed E-state index contributed by atoms with van der Waals surface area (Å²) in [5.74, 6) is -3.07. The molecule has 0 fully saturated rings. The predicted octanol–water partition coefficient (Wildman–Crippen LogP) is 4.60. The Kier molecular flexibility index (Phi) is 5.63. The van der Waals surface area contributed by atoms with Gasteiger partial charge < -0.3 is 5.73 Å². The summed E-state index contributed by atoms with van der Waals surface area (Å²) in [4.78, 5) is 4.90. The second-order valence-electron chi connectivity index (χ2n) is 6.73. The maximum Gasteiger partial charge on any atom is 0.333 e. The van der Waals surface area contributed by atoms with Gasteiger partial charge >= 0.3 is 5.92 Å². The van der Waals surface area contributed by atoms with Crippen molar-refractivity contribution in [1.82, 2.24) is 24.8 Å². The van der Waals surface area contributed by atoms with Gasteiger partial charge in [-0.1, -0.05) is 25.5 Å². The smallest absolute Gasteiger partial charge is 0.333 e. The van der Waals surface area contributed by atoms with Crippen LogP contribution in [-0.2, 0) is 5.92 Å². The van der Waals surface area contributed by atoms with E-state index in [1.807, 2.05) is 0 Å². The molecule has 6 nitrogen and oxygen atoms in total. The van der Waals surface area contributed by atoms with Crippen LogP contribution in [0.2, 0.25) is 0 Å². The molecule has 4 rings (SSSR count). The molecule has 0 aliphatic rings. The van der Waals surface area contributed by atoms with Crippen LogP contribution in [-0.4, -0.2) is 30.5 Å². The lowest BCUT2D eigenvalue weighted by Crippen LogP contribution is -2.20. The molecule has 30 heavy (non-hydrogen) atoms. The van der Waals surface area contributed by atoms with E-state index < -0.39 is 11.7 Å². The number of thioether (sulfide) groups is 1. The second-order valence-corrected chi connectivity index (χ2v) is 7.87. The molecule has 1 aromatic carbocycles. The van der Waals surface area contributed by atoms with Crippen LogP contribution < -0.4 is 5.73 Å². The van der Waals surface area contributed by atoms with Gasteiger partial charge in [-0.15, -0.1) is 22.0 Å². The molecule has 0 aliphatic heterocycles. The highest BCUT2D eigenvalue weighted by molar-refractivity contribution is 8.08. The predicted molar refractivity (Wildman–Crippen MR) is 115 cm³/mol. The zero-order valence-electron chi connectivity index (χ0n) is 16.3. The topological polar surface area (TPSA) is 82.0 Å². The average Bonchev–Trinajstić information content (AvgIpc) is 3.20. The Morgan fingerprint density at radius 1 is 1.20 bits per heavy atom. The van der Waals surface area contributed by atoms with Gasteiger partial charge in [-0.25, -0.2) is 0 Å². The summed E-state index contributed by atoms with van der Waals surface area (Å²) in [6.45, 7) is 2.10. The Labute approximate surface area is 176 Å². The van der Waals surface area contributed by atoms with Gasteiger partial charge in [-0.3, -0.25) is 4.98 Å². The molecule has 0 saturated heterocycles. The number of unbranched alkanes of at least 4 members (excludes halogenated alkanes) is 1. The summed E-state index contributed by atoms with van der Waals surface area (Å²) in [6.07, 6.45) is 5.16. The number of rotatable bonds is 7. The van der Waals surface area contributed by atoms with Crippen LogP contribution in [0.25, 0.3) is 21.5 Å². The van der Waals surface area contributed by atoms with E-state index in [1.54, 1.807) is 48.3 Å². The van der Waals surface area contributed by atoms with Gasteiger partial charge in [0.2, 0.25) is 5.82 Å². The summed E-state index contributed by atoms with van der Waals surface area (Å²) >= 11 is 1.55. The minimum Gasteiger partial charge on any atom is -0.404 e. The van der Waals surface area contributed by atoms with Crippen molar-refractivity contribution in [3.05, 3.63) is 71.9 Å². The Balaban J connectivity index is 1.75. The minimum absolute atomic E-state index is 0.198. The number of nitrogens with two attached hydrogens (primary N) is 1. The van der Waals surface area contributed by atoms with Gasteiger partial charge in [0, 0.05) is 23.3 Å². The van der Waals surface area contributed by atoms with Crippen LogP contribution in [0.1, 0.15) is 36.8 Å². The summed E-state index contributed by atoms with van der Waals surface area (Å²) in [7, 11) is 0. The fraction of sp³-hybridized carbons (Fsp3) is 0.238. The van der Waals surface area contributed by atoms with Crippen LogP contribution in [0.5, 0.6) is 0 Å². The van der Waals surface area contributed by atoms with Crippen molar-refractivity contribution in [2.45, 2.75) is 25.7 Å². The van der Waals surface area contributed by atoms with Crippen molar-refractivity contribution in [2.75, 3.05) is 5.75 Å². The summed E-state index contributed by atoms with van der Waals surface area (Å²) < 4.78 is 31.9. The zero-order valence-corrected chi connectivity index (χ0v) is 17.1. The number of hydrogen-bond donors (Lipinski definition) is 1. The van der Waals surface area contributed by atoms with Gasteiger partial charge in [0.25, 0.3) is 0 Å². The Hall–Kier alpha value is -3.07. The first-order valence-electron chi connectivity index (χ1n) is 9.55. The third kappa shape index (κ3) is 3.72. The Morgan fingerprint density at radius 3 is 2.87 bits per heavy atom. The highest BCUT2D eigenvalue weighted by atomic mass is 32.2. The van der Waals surface area contributed by atoms with Crippen LogP contribution in [0.15, 0.2) is 54.9 Å². The van der Waals surface area contributed by atoms with Gasteiger partial charge in [0.05, 0.1) is 16.1 Å². The van der Waals surface area contributed by atoms with E-state index in [-0.39, 0.29) is 11.2 Å². The Morgan fingerprint density at radius 2 is 2.07 bits per heavy atom. The van der Waals surface area contributed by atoms with E-state index in [0.717, 1.165) is 28.0 Å². The number of aromatic nitrogens is 5. The van der Waals surface area contributed by atoms with Gasteiger partial charge in [-0.2, -0.15) is 18.4 Å². The molecular formula is C21H20F2N6S. The molecule has 9 heteroatoms. The molecule has 0 radical (unpaired) electrons. The van der Waals surface area contributed by atoms with Crippen molar-refractivity contribution in [3.63, 3.8) is 0 Å². The van der Waals surface area contributed by atoms with E-state index in [0.29, 0.717) is 16.6 Å². The van der Waals surface area contributed by atoms with E-state index in [1.165, 1.54) is 18.3 Å². The molecule has 0 spiro atoms.